The van der Waals surface area contributed by atoms with Crippen molar-refractivity contribution < 1.29 is 9.53 Å². The number of benzene rings is 1. The summed E-state index contributed by atoms with van der Waals surface area (Å²) in [5.74, 6) is -0.651. The molecular formula is C27H25N5O2S3. The molecule has 7 nitrogen and oxygen atoms in total. The molecule has 0 saturated carbocycles. The molecule has 3 aromatic heterocycles. The highest BCUT2D eigenvalue weighted by Gasteiger charge is 2.18. The molecule has 0 aliphatic carbocycles. The fourth-order valence-electron chi connectivity index (χ4n) is 4.13. The number of hydrogen-bond donors (Lipinski definition) is 0. The highest BCUT2D eigenvalue weighted by atomic mass is 32.1. The van der Waals surface area contributed by atoms with Gasteiger partial charge in [-0.25, -0.2) is 9.78 Å². The predicted octanol–water partition coefficient (Wildman–Crippen LogP) is 8.07. The van der Waals surface area contributed by atoms with Crippen molar-refractivity contribution in [2.45, 2.75) is 39.5 Å². The van der Waals surface area contributed by atoms with Gasteiger partial charge in [0.05, 0.1) is 10.4 Å². The first kappa shape index (κ1) is 25.3. The van der Waals surface area contributed by atoms with Crippen LogP contribution in [-0.4, -0.2) is 24.0 Å². The summed E-state index contributed by atoms with van der Waals surface area (Å²) in [5, 5.41) is 19.3. The summed E-state index contributed by atoms with van der Waals surface area (Å²) >= 11 is 4.27. The van der Waals surface area contributed by atoms with E-state index in [1.54, 1.807) is 12.1 Å². The molecule has 0 radical (unpaired) electrons. The molecule has 0 saturated heterocycles. The molecule has 0 bridgehead atoms. The van der Waals surface area contributed by atoms with E-state index in [0.717, 1.165) is 58.9 Å². The maximum absolute atomic E-state index is 12.6. The van der Waals surface area contributed by atoms with Crippen molar-refractivity contribution >= 4 is 72.1 Å². The number of rotatable bonds is 9. The number of thiophene rings is 2. The van der Waals surface area contributed by atoms with Crippen LogP contribution < -0.4 is 9.64 Å². The first-order valence-corrected chi connectivity index (χ1v) is 14.6. The second-order valence-electron chi connectivity index (χ2n) is 8.54. The van der Waals surface area contributed by atoms with Crippen LogP contribution in [0.5, 0.6) is 5.06 Å². The fraction of sp³-hybridized carbons (Fsp3) is 0.296. The number of fused-ring (bicyclic) bond motifs is 2. The third-order valence-electron chi connectivity index (χ3n) is 6.02. The van der Waals surface area contributed by atoms with Crippen LogP contribution in [0.2, 0.25) is 0 Å². The van der Waals surface area contributed by atoms with Crippen molar-refractivity contribution in [2.24, 2.45) is 10.2 Å². The van der Waals surface area contributed by atoms with Gasteiger partial charge in [-0.15, -0.1) is 32.9 Å². The molecule has 5 rings (SSSR count). The van der Waals surface area contributed by atoms with Crippen molar-refractivity contribution in [1.82, 2.24) is 4.98 Å². The number of nitriles is 1. The molecule has 0 N–H and O–H groups in total. The molecule has 0 atom stereocenters. The number of unbranched alkanes of at least 4 members (excludes halogenated alkanes) is 1. The Labute approximate surface area is 227 Å². The Bertz CT molecular complexity index is 1510. The lowest BCUT2D eigenvalue weighted by Gasteiger charge is -2.16. The summed E-state index contributed by atoms with van der Waals surface area (Å²) in [6, 6.07) is 13.8. The molecule has 188 valence electrons. The van der Waals surface area contributed by atoms with E-state index in [4.69, 9.17) is 4.74 Å². The number of carbonyl (C=O) groups is 1. The van der Waals surface area contributed by atoms with Gasteiger partial charge in [0.1, 0.15) is 16.5 Å². The fourth-order valence-corrected chi connectivity index (χ4v) is 7.01. The zero-order valence-electron chi connectivity index (χ0n) is 20.6. The second-order valence-corrected chi connectivity index (χ2v) is 11.7. The van der Waals surface area contributed by atoms with Crippen LogP contribution in [0, 0.1) is 11.3 Å². The van der Waals surface area contributed by atoms with Gasteiger partial charge in [-0.1, -0.05) is 24.7 Å². The number of nitrogens with zero attached hydrogens (tertiary/aromatic N) is 5. The third kappa shape index (κ3) is 5.80. The molecular weight excluding hydrogens is 523 g/mol. The van der Waals surface area contributed by atoms with Crippen molar-refractivity contribution in [3.63, 3.8) is 0 Å². The van der Waals surface area contributed by atoms with Gasteiger partial charge < -0.3 is 9.64 Å². The van der Waals surface area contributed by atoms with Gasteiger partial charge >= 0.3 is 5.97 Å². The summed E-state index contributed by atoms with van der Waals surface area (Å²) in [6.07, 6.45) is 5.75. The molecule has 37 heavy (non-hydrogen) atoms. The SMILES string of the molecule is CCCCc1ccc(OC(=O)/C(C#N)=C/c2cc3sc(N=Nc4ccc5c(c4)CCN5CC)nc3s2)s1. The summed E-state index contributed by atoms with van der Waals surface area (Å²) < 4.78 is 6.37. The van der Waals surface area contributed by atoms with E-state index in [0.29, 0.717) is 10.2 Å². The van der Waals surface area contributed by atoms with Gasteiger partial charge in [-0.2, -0.15) is 5.26 Å². The molecule has 0 unspecified atom stereocenters. The van der Waals surface area contributed by atoms with E-state index >= 15 is 0 Å². The van der Waals surface area contributed by atoms with Crippen molar-refractivity contribution in [1.29, 1.82) is 5.26 Å². The lowest BCUT2D eigenvalue weighted by atomic mass is 10.1. The first-order chi connectivity index (χ1) is 18.1. The standard InChI is InChI=1S/C27H25N5O2S3/c1-3-5-6-20-8-10-24(35-20)34-26(33)18(16-28)14-21-15-23-25(36-21)29-27(37-23)31-30-19-7-9-22-17(13-19)11-12-32(22)4-2/h7-10,13-15H,3-6,11-12H2,1-2H3/b18-14+,31-30?. The Morgan fingerprint density at radius 3 is 2.86 bits per heavy atom. The van der Waals surface area contributed by atoms with Crippen LogP contribution in [0.15, 0.2) is 52.2 Å². The van der Waals surface area contributed by atoms with Crippen molar-refractivity contribution in [3.05, 3.63) is 57.3 Å². The molecule has 1 aliphatic rings. The topological polar surface area (TPSA) is 90.9 Å². The van der Waals surface area contributed by atoms with Crippen LogP contribution in [0.25, 0.3) is 15.6 Å². The highest BCUT2D eigenvalue weighted by molar-refractivity contribution is 7.29. The normalized spacial score (nSPS) is 13.4. The number of hydrogen-bond acceptors (Lipinski definition) is 10. The Balaban J connectivity index is 1.26. The number of aromatic nitrogens is 1. The average Bonchev–Trinajstić information content (AvgIpc) is 3.67. The van der Waals surface area contributed by atoms with E-state index in [9.17, 15) is 10.1 Å². The third-order valence-corrected chi connectivity index (χ3v) is 9.03. The molecule has 4 heterocycles. The molecule has 1 aromatic carbocycles. The summed E-state index contributed by atoms with van der Waals surface area (Å²) in [7, 11) is 0. The van der Waals surface area contributed by atoms with E-state index in [1.807, 2.05) is 24.3 Å². The van der Waals surface area contributed by atoms with Crippen LogP contribution in [0.3, 0.4) is 0 Å². The van der Waals surface area contributed by atoms with Gasteiger partial charge in [0.25, 0.3) is 0 Å². The van der Waals surface area contributed by atoms with Gasteiger partial charge in [-0.05, 0) is 74.2 Å². The van der Waals surface area contributed by atoms with Gasteiger partial charge in [-0.3, -0.25) is 0 Å². The maximum Gasteiger partial charge on any atom is 0.355 e. The predicted molar refractivity (Wildman–Crippen MR) is 152 cm³/mol. The summed E-state index contributed by atoms with van der Waals surface area (Å²) in [6.45, 7) is 6.36. The number of carbonyl (C=O) groups excluding carboxylic acids is 1. The lowest BCUT2D eigenvalue weighted by molar-refractivity contribution is -0.129. The lowest BCUT2D eigenvalue weighted by Crippen LogP contribution is -2.18. The number of thiazole rings is 1. The Morgan fingerprint density at radius 2 is 2.08 bits per heavy atom. The number of aryl methyl sites for hydroxylation is 1. The molecule has 0 amide bonds. The zero-order valence-corrected chi connectivity index (χ0v) is 23.0. The summed E-state index contributed by atoms with van der Waals surface area (Å²) in [5.41, 5.74) is 3.36. The number of esters is 1. The van der Waals surface area contributed by atoms with Gasteiger partial charge in [0.2, 0.25) is 5.13 Å². The summed E-state index contributed by atoms with van der Waals surface area (Å²) in [4.78, 5) is 22.2. The second kappa shape index (κ2) is 11.3. The van der Waals surface area contributed by atoms with E-state index in [1.165, 1.54) is 50.1 Å². The van der Waals surface area contributed by atoms with E-state index < -0.39 is 5.97 Å². The molecule has 10 heteroatoms. The average molecular weight is 548 g/mol. The Kier molecular flexibility index (Phi) is 7.74. The number of ether oxygens (including phenoxy) is 1. The Hall–Kier alpha value is -3.39. The van der Waals surface area contributed by atoms with Crippen LogP contribution in [0.4, 0.5) is 16.5 Å². The minimum Gasteiger partial charge on any atom is -0.411 e. The minimum absolute atomic E-state index is 0.0458. The molecule has 4 aromatic rings. The monoisotopic (exact) mass is 547 g/mol. The number of azo groups is 1. The van der Waals surface area contributed by atoms with E-state index in [2.05, 4.69) is 46.1 Å². The molecule has 0 spiro atoms. The van der Waals surface area contributed by atoms with Crippen LogP contribution >= 0.6 is 34.0 Å². The van der Waals surface area contributed by atoms with Crippen molar-refractivity contribution in [3.8, 4) is 11.1 Å². The Morgan fingerprint density at radius 1 is 1.19 bits per heavy atom. The van der Waals surface area contributed by atoms with Crippen LogP contribution in [0.1, 0.15) is 42.0 Å². The smallest absolute Gasteiger partial charge is 0.355 e. The number of likely N-dealkylation sites (N-methyl/N-ethyl adjacent to an activating group) is 1. The van der Waals surface area contributed by atoms with Crippen LogP contribution in [-0.2, 0) is 17.6 Å². The van der Waals surface area contributed by atoms with Crippen molar-refractivity contribution in [2.75, 3.05) is 18.0 Å². The first-order valence-electron chi connectivity index (χ1n) is 12.2. The van der Waals surface area contributed by atoms with Gasteiger partial charge in [0.15, 0.2) is 5.06 Å². The van der Waals surface area contributed by atoms with Gasteiger partial charge in [0, 0.05) is 28.5 Å². The minimum atomic E-state index is -0.651. The number of anilines is 1. The molecule has 0 fully saturated rings. The highest BCUT2D eigenvalue weighted by Crippen LogP contribution is 2.37. The molecule has 1 aliphatic heterocycles. The maximum atomic E-state index is 12.6. The zero-order chi connectivity index (χ0) is 25.8. The van der Waals surface area contributed by atoms with E-state index in [-0.39, 0.29) is 5.57 Å². The largest absolute Gasteiger partial charge is 0.411 e. The quantitative estimate of drug-likeness (QED) is 0.0914.